The van der Waals surface area contributed by atoms with Gasteiger partial charge in [-0.25, -0.2) is 0 Å². The first-order valence-corrected chi connectivity index (χ1v) is 4.74. The van der Waals surface area contributed by atoms with Crippen LogP contribution in [0.25, 0.3) is 0 Å². The van der Waals surface area contributed by atoms with Crippen LogP contribution in [0.3, 0.4) is 0 Å². The molecule has 11 heavy (non-hydrogen) atoms. The minimum absolute atomic E-state index is 0.218. The molecule has 0 heterocycles. The molecule has 1 fully saturated rings. The van der Waals surface area contributed by atoms with Crippen molar-refractivity contribution in [3.63, 3.8) is 0 Å². The van der Waals surface area contributed by atoms with Gasteiger partial charge in [-0.05, 0) is 12.8 Å². The molecule has 0 spiro atoms. The van der Waals surface area contributed by atoms with Crippen LogP contribution in [-0.2, 0) is 4.74 Å². The van der Waals surface area contributed by atoms with Gasteiger partial charge in [-0.3, -0.25) is 0 Å². The third-order valence-electron chi connectivity index (χ3n) is 2.07. The van der Waals surface area contributed by atoms with Crippen LogP contribution < -0.4 is 5.73 Å². The highest BCUT2D eigenvalue weighted by Gasteiger charge is 2.22. The van der Waals surface area contributed by atoms with E-state index in [2.05, 4.69) is 0 Å². The summed E-state index contributed by atoms with van der Waals surface area (Å²) in [5, 5.41) is 0.218. The maximum atomic E-state index is 6.05. The van der Waals surface area contributed by atoms with Crippen molar-refractivity contribution in [2.24, 2.45) is 5.73 Å². The van der Waals surface area contributed by atoms with E-state index < -0.39 is 0 Å². The summed E-state index contributed by atoms with van der Waals surface area (Å²) in [4.78, 5) is 0. The molecule has 1 aliphatic carbocycles. The Labute approximate surface area is 73.0 Å². The van der Waals surface area contributed by atoms with Crippen molar-refractivity contribution in [3.05, 3.63) is 0 Å². The van der Waals surface area contributed by atoms with Crippen molar-refractivity contribution in [2.75, 3.05) is 13.2 Å². The fourth-order valence-corrected chi connectivity index (χ4v) is 1.81. The smallest absolute Gasteiger partial charge is 0.0739 e. The first kappa shape index (κ1) is 9.30. The number of halogens is 1. The zero-order valence-electron chi connectivity index (χ0n) is 6.76. The molecule has 0 aliphatic heterocycles. The summed E-state index contributed by atoms with van der Waals surface area (Å²) in [5.41, 5.74) is 5.32. The van der Waals surface area contributed by atoms with E-state index in [9.17, 15) is 0 Å². The summed E-state index contributed by atoms with van der Waals surface area (Å²) in [6, 6.07) is 0. The Morgan fingerprint density at radius 1 is 1.36 bits per heavy atom. The summed E-state index contributed by atoms with van der Waals surface area (Å²) >= 11 is 6.05. The van der Waals surface area contributed by atoms with E-state index in [1.54, 1.807) is 0 Å². The zero-order chi connectivity index (χ0) is 8.10. The fourth-order valence-electron chi connectivity index (χ4n) is 1.46. The van der Waals surface area contributed by atoms with Gasteiger partial charge in [0.25, 0.3) is 0 Å². The molecule has 0 aromatic carbocycles. The zero-order valence-corrected chi connectivity index (χ0v) is 7.52. The summed E-state index contributed by atoms with van der Waals surface area (Å²) in [5.74, 6) is 0. The summed E-state index contributed by atoms with van der Waals surface area (Å²) in [7, 11) is 0. The van der Waals surface area contributed by atoms with Gasteiger partial charge in [-0.1, -0.05) is 12.8 Å². The van der Waals surface area contributed by atoms with E-state index >= 15 is 0 Å². The van der Waals surface area contributed by atoms with E-state index in [0.717, 1.165) is 12.8 Å². The predicted octanol–water partition coefficient (Wildman–Crippen LogP) is 1.51. The molecule has 2 unspecified atom stereocenters. The normalized spacial score (nSPS) is 32.2. The van der Waals surface area contributed by atoms with Crippen LogP contribution in [0.5, 0.6) is 0 Å². The van der Waals surface area contributed by atoms with E-state index in [-0.39, 0.29) is 11.5 Å². The highest BCUT2D eigenvalue weighted by Crippen LogP contribution is 2.25. The molecule has 0 bridgehead atoms. The lowest BCUT2D eigenvalue weighted by molar-refractivity contribution is 0.0363. The first-order chi connectivity index (χ1) is 5.34. The molecule has 2 N–H and O–H groups in total. The number of rotatable bonds is 3. The third kappa shape index (κ3) is 2.97. The number of ether oxygens (including phenoxy) is 1. The van der Waals surface area contributed by atoms with Crippen LogP contribution in [0.2, 0.25) is 0 Å². The van der Waals surface area contributed by atoms with Crippen molar-refractivity contribution in [2.45, 2.75) is 37.2 Å². The molecule has 0 aromatic rings. The number of hydrogen-bond acceptors (Lipinski definition) is 2. The highest BCUT2D eigenvalue weighted by molar-refractivity contribution is 6.21. The molecule has 2 nitrogen and oxygen atoms in total. The van der Waals surface area contributed by atoms with Crippen LogP contribution >= 0.6 is 11.6 Å². The molecular formula is C8H16ClNO. The molecule has 0 aromatic heterocycles. The number of nitrogens with two attached hydrogens (primary N) is 1. The van der Waals surface area contributed by atoms with Crippen LogP contribution in [-0.4, -0.2) is 24.6 Å². The lowest BCUT2D eigenvalue weighted by Gasteiger charge is -2.26. The van der Waals surface area contributed by atoms with Crippen molar-refractivity contribution >= 4 is 11.6 Å². The van der Waals surface area contributed by atoms with Gasteiger partial charge in [0, 0.05) is 6.54 Å². The van der Waals surface area contributed by atoms with E-state index in [4.69, 9.17) is 22.1 Å². The second-order valence-electron chi connectivity index (χ2n) is 3.00. The van der Waals surface area contributed by atoms with Gasteiger partial charge in [0.15, 0.2) is 0 Å². The van der Waals surface area contributed by atoms with Crippen molar-refractivity contribution in [3.8, 4) is 0 Å². The second kappa shape index (κ2) is 4.96. The van der Waals surface area contributed by atoms with Crippen molar-refractivity contribution in [1.82, 2.24) is 0 Å². The Kier molecular flexibility index (Phi) is 4.20. The number of alkyl halides is 1. The molecular weight excluding hydrogens is 162 g/mol. The molecule has 1 saturated carbocycles. The van der Waals surface area contributed by atoms with Crippen LogP contribution in [0, 0.1) is 0 Å². The van der Waals surface area contributed by atoms with Gasteiger partial charge in [0.05, 0.1) is 18.1 Å². The predicted molar refractivity (Wildman–Crippen MR) is 46.9 cm³/mol. The average Bonchev–Trinajstić information content (AvgIpc) is 2.03. The third-order valence-corrected chi connectivity index (χ3v) is 2.57. The molecule has 1 rings (SSSR count). The Bertz CT molecular complexity index is 110. The molecule has 0 saturated heterocycles. The van der Waals surface area contributed by atoms with Crippen LogP contribution in [0.4, 0.5) is 0 Å². The van der Waals surface area contributed by atoms with E-state index in [1.165, 1.54) is 12.8 Å². The largest absolute Gasteiger partial charge is 0.375 e. The molecule has 1 aliphatic rings. The van der Waals surface area contributed by atoms with Crippen molar-refractivity contribution in [1.29, 1.82) is 0 Å². The molecule has 0 amide bonds. The second-order valence-corrected chi connectivity index (χ2v) is 3.56. The van der Waals surface area contributed by atoms with Crippen molar-refractivity contribution < 1.29 is 4.74 Å². The van der Waals surface area contributed by atoms with E-state index in [0.29, 0.717) is 13.2 Å². The topological polar surface area (TPSA) is 35.2 Å². The fraction of sp³-hybridized carbons (Fsp3) is 1.00. The summed E-state index contributed by atoms with van der Waals surface area (Å²) < 4.78 is 5.49. The Morgan fingerprint density at radius 3 is 2.73 bits per heavy atom. The molecule has 2 atom stereocenters. The van der Waals surface area contributed by atoms with E-state index in [1.807, 2.05) is 0 Å². The quantitative estimate of drug-likeness (QED) is 0.664. The minimum atomic E-state index is 0.218. The maximum Gasteiger partial charge on any atom is 0.0739 e. The first-order valence-electron chi connectivity index (χ1n) is 4.30. The Morgan fingerprint density at radius 2 is 2.09 bits per heavy atom. The van der Waals surface area contributed by atoms with Gasteiger partial charge in [-0.15, -0.1) is 11.6 Å². The lowest BCUT2D eigenvalue weighted by Crippen LogP contribution is -2.30. The molecule has 3 heteroatoms. The molecule has 66 valence electrons. The summed E-state index contributed by atoms with van der Waals surface area (Å²) in [6.07, 6.45) is 4.95. The SMILES string of the molecule is NCCOC1CCCCC1Cl. The Balaban J connectivity index is 2.18. The Hall–Kier alpha value is 0.210. The lowest BCUT2D eigenvalue weighted by atomic mass is 9.97. The van der Waals surface area contributed by atoms with Gasteiger partial charge >= 0.3 is 0 Å². The van der Waals surface area contributed by atoms with Gasteiger partial charge in [-0.2, -0.15) is 0 Å². The summed E-state index contributed by atoms with van der Waals surface area (Å²) in [6.45, 7) is 1.24. The van der Waals surface area contributed by atoms with Crippen LogP contribution in [0.1, 0.15) is 25.7 Å². The highest BCUT2D eigenvalue weighted by atomic mass is 35.5. The van der Waals surface area contributed by atoms with Gasteiger partial charge in [0.2, 0.25) is 0 Å². The average molecular weight is 178 g/mol. The van der Waals surface area contributed by atoms with Gasteiger partial charge in [0.1, 0.15) is 0 Å². The number of hydrogen-bond donors (Lipinski definition) is 1. The van der Waals surface area contributed by atoms with Crippen LogP contribution in [0.15, 0.2) is 0 Å². The molecule has 0 radical (unpaired) electrons. The maximum absolute atomic E-state index is 6.05. The minimum Gasteiger partial charge on any atom is -0.375 e. The standard InChI is InChI=1S/C8H16ClNO/c9-7-3-1-2-4-8(7)11-6-5-10/h7-8H,1-6,10H2. The monoisotopic (exact) mass is 177 g/mol. The van der Waals surface area contributed by atoms with Gasteiger partial charge < -0.3 is 10.5 Å².